The highest BCUT2D eigenvalue weighted by Gasteiger charge is 2.20. The number of esters is 2. The van der Waals surface area contributed by atoms with Crippen LogP contribution in [0.25, 0.3) is 21.5 Å². The number of fused-ring (bicyclic) bond motifs is 1. The highest BCUT2D eigenvalue weighted by molar-refractivity contribution is 7.16. The van der Waals surface area contributed by atoms with Crippen molar-refractivity contribution in [1.29, 1.82) is 0 Å². The predicted octanol–water partition coefficient (Wildman–Crippen LogP) is 5.71. The summed E-state index contributed by atoms with van der Waals surface area (Å²) in [5, 5.41) is 5.41. The van der Waals surface area contributed by atoms with Crippen molar-refractivity contribution in [3.63, 3.8) is 0 Å². The highest BCUT2D eigenvalue weighted by atomic mass is 32.1. The van der Waals surface area contributed by atoms with Gasteiger partial charge in [0.15, 0.2) is 0 Å². The van der Waals surface area contributed by atoms with Crippen LogP contribution in [0.4, 0.5) is 4.79 Å². The maximum atomic E-state index is 13.2. The Labute approximate surface area is 230 Å². The van der Waals surface area contributed by atoms with Gasteiger partial charge in [-0.2, -0.15) is 0 Å². The third-order valence-corrected chi connectivity index (χ3v) is 6.17. The number of thiophene rings is 1. The fraction of sp³-hybridized carbons (Fsp3) is 0.276. The van der Waals surface area contributed by atoms with Gasteiger partial charge in [-0.15, -0.1) is 11.3 Å². The van der Waals surface area contributed by atoms with Crippen molar-refractivity contribution in [3.05, 3.63) is 76.9 Å². The van der Waals surface area contributed by atoms with Crippen molar-refractivity contribution in [2.24, 2.45) is 0 Å². The molecule has 0 radical (unpaired) electrons. The van der Waals surface area contributed by atoms with Gasteiger partial charge < -0.3 is 19.5 Å². The fourth-order valence-corrected chi connectivity index (χ4v) is 4.51. The lowest BCUT2D eigenvalue weighted by Gasteiger charge is -2.19. The van der Waals surface area contributed by atoms with Crippen LogP contribution in [0.5, 0.6) is 5.75 Å². The molecule has 0 bridgehead atoms. The number of aromatic nitrogens is 2. The monoisotopic (exact) mass is 547 g/mol. The van der Waals surface area contributed by atoms with Crippen LogP contribution in [0.1, 0.15) is 49.4 Å². The number of para-hydroxylation sites is 1. The summed E-state index contributed by atoms with van der Waals surface area (Å²) in [7, 11) is 0. The number of alkyl carbamates (subject to hydrolysis) is 1. The van der Waals surface area contributed by atoms with Gasteiger partial charge in [0.05, 0.1) is 18.7 Å². The minimum atomic E-state index is -0.745. The Morgan fingerprint density at radius 1 is 1.00 bits per heavy atom. The fourth-order valence-electron chi connectivity index (χ4n) is 3.75. The topological polar surface area (TPSA) is 117 Å². The van der Waals surface area contributed by atoms with Crippen molar-refractivity contribution in [1.82, 2.24) is 15.3 Å². The normalized spacial score (nSPS) is 11.2. The van der Waals surface area contributed by atoms with Crippen LogP contribution in [-0.2, 0) is 27.2 Å². The zero-order valence-electron chi connectivity index (χ0n) is 22.1. The Balaban J connectivity index is 1.59. The summed E-state index contributed by atoms with van der Waals surface area (Å²) in [4.78, 5) is 46.9. The number of nitrogens with zero attached hydrogens (tertiary/aromatic N) is 2. The number of carbonyl (C=O) groups excluding carboxylic acids is 3. The van der Waals surface area contributed by atoms with Gasteiger partial charge in [0.25, 0.3) is 0 Å². The molecular formula is C29H29N3O6S. The molecule has 2 aromatic heterocycles. The Bertz CT molecular complexity index is 1510. The van der Waals surface area contributed by atoms with Crippen LogP contribution in [-0.4, -0.2) is 40.2 Å². The smallest absolute Gasteiger partial charge is 0.407 e. The van der Waals surface area contributed by atoms with Crippen molar-refractivity contribution in [3.8, 4) is 17.0 Å². The van der Waals surface area contributed by atoms with E-state index in [4.69, 9.17) is 14.2 Å². The third-order valence-electron chi connectivity index (χ3n) is 5.36. The molecule has 0 fully saturated rings. The molecule has 2 heterocycles. The maximum Gasteiger partial charge on any atom is 0.407 e. The molecule has 1 amide bonds. The first-order valence-corrected chi connectivity index (χ1v) is 13.3. The van der Waals surface area contributed by atoms with Gasteiger partial charge in [0.2, 0.25) is 5.82 Å². The summed E-state index contributed by atoms with van der Waals surface area (Å²) in [5.41, 5.74) is 2.07. The van der Waals surface area contributed by atoms with Crippen LogP contribution in [0.15, 0.2) is 60.0 Å². The standard InChI is InChI=1S/C29H29N3O6S/c1-5-36-23(33)16-19-10-6-7-12-22(19)37-27(34)25-31-24(21-13-14-39-26(21)32-25)20-11-8-9-18(15-20)17-30-28(35)38-29(2,3)4/h6-15H,5,16-17H2,1-4H3,(H,30,35). The number of hydrogen-bond acceptors (Lipinski definition) is 9. The zero-order valence-corrected chi connectivity index (χ0v) is 23.0. The van der Waals surface area contributed by atoms with E-state index in [9.17, 15) is 14.4 Å². The molecule has 0 atom stereocenters. The van der Waals surface area contributed by atoms with Crippen LogP contribution < -0.4 is 10.1 Å². The van der Waals surface area contributed by atoms with Crippen LogP contribution >= 0.6 is 11.3 Å². The van der Waals surface area contributed by atoms with Crippen molar-refractivity contribution < 1.29 is 28.6 Å². The lowest BCUT2D eigenvalue weighted by Crippen LogP contribution is -2.32. The SMILES string of the molecule is CCOC(=O)Cc1ccccc1OC(=O)c1nc(-c2cccc(CNC(=O)OC(C)(C)C)c2)c2ccsc2n1. The lowest BCUT2D eigenvalue weighted by molar-refractivity contribution is -0.142. The first kappa shape index (κ1) is 27.7. The molecule has 0 saturated carbocycles. The molecular weight excluding hydrogens is 518 g/mol. The van der Waals surface area contributed by atoms with Gasteiger partial charge >= 0.3 is 18.0 Å². The molecule has 0 spiro atoms. The minimum absolute atomic E-state index is 0.0303. The van der Waals surface area contributed by atoms with E-state index in [1.165, 1.54) is 11.3 Å². The number of nitrogens with one attached hydrogen (secondary N) is 1. The second-order valence-corrected chi connectivity index (χ2v) is 10.5. The molecule has 1 N–H and O–H groups in total. The van der Waals surface area contributed by atoms with Gasteiger partial charge in [-0.3, -0.25) is 4.79 Å². The largest absolute Gasteiger partial charge is 0.466 e. The quantitative estimate of drug-likeness (QED) is 0.220. The van der Waals surface area contributed by atoms with Gasteiger partial charge in [0, 0.05) is 23.1 Å². The first-order chi connectivity index (χ1) is 18.6. The lowest BCUT2D eigenvalue weighted by atomic mass is 10.1. The molecule has 0 saturated heterocycles. The molecule has 9 nitrogen and oxygen atoms in total. The molecule has 0 unspecified atom stereocenters. The van der Waals surface area contributed by atoms with Crippen molar-refractivity contribution in [2.75, 3.05) is 6.61 Å². The van der Waals surface area contributed by atoms with Gasteiger partial charge in [-0.05, 0) is 56.8 Å². The first-order valence-electron chi connectivity index (χ1n) is 12.4. The van der Waals surface area contributed by atoms with E-state index in [1.54, 1.807) is 52.0 Å². The van der Waals surface area contributed by atoms with Gasteiger partial charge in [0.1, 0.15) is 16.2 Å². The Hall–Kier alpha value is -4.31. The summed E-state index contributed by atoms with van der Waals surface area (Å²) >= 11 is 1.38. The number of ether oxygens (including phenoxy) is 3. The number of amides is 1. The molecule has 202 valence electrons. The molecule has 2 aromatic carbocycles. The summed E-state index contributed by atoms with van der Waals surface area (Å²) in [6.07, 6.45) is -0.541. The van der Waals surface area contributed by atoms with E-state index < -0.39 is 23.6 Å². The second-order valence-electron chi connectivity index (χ2n) is 9.57. The molecule has 0 aliphatic carbocycles. The number of carbonyl (C=O) groups is 3. The van der Waals surface area contributed by atoms with E-state index in [0.717, 1.165) is 16.5 Å². The third kappa shape index (κ3) is 7.38. The van der Waals surface area contributed by atoms with Crippen LogP contribution in [0.2, 0.25) is 0 Å². The number of rotatable bonds is 8. The summed E-state index contributed by atoms with van der Waals surface area (Å²) in [5.74, 6) is -1.03. The Kier molecular flexibility index (Phi) is 8.55. The van der Waals surface area contributed by atoms with Crippen molar-refractivity contribution >= 4 is 39.6 Å². The van der Waals surface area contributed by atoms with Crippen LogP contribution in [0.3, 0.4) is 0 Å². The van der Waals surface area contributed by atoms with Gasteiger partial charge in [-0.25, -0.2) is 19.6 Å². The van der Waals surface area contributed by atoms with Crippen molar-refractivity contribution in [2.45, 2.75) is 46.3 Å². The van der Waals surface area contributed by atoms with E-state index in [0.29, 0.717) is 16.1 Å². The van der Waals surface area contributed by atoms with Crippen LogP contribution in [0, 0.1) is 0 Å². The molecule has 0 aliphatic heterocycles. The summed E-state index contributed by atoms with van der Waals surface area (Å²) in [6.45, 7) is 7.65. The van der Waals surface area contributed by atoms with Gasteiger partial charge in [-0.1, -0.05) is 36.4 Å². The highest BCUT2D eigenvalue weighted by Crippen LogP contribution is 2.30. The predicted molar refractivity (Wildman–Crippen MR) is 148 cm³/mol. The minimum Gasteiger partial charge on any atom is -0.466 e. The molecule has 39 heavy (non-hydrogen) atoms. The summed E-state index contributed by atoms with van der Waals surface area (Å²) < 4.78 is 16.0. The summed E-state index contributed by atoms with van der Waals surface area (Å²) in [6, 6.07) is 16.2. The average molecular weight is 548 g/mol. The Morgan fingerprint density at radius 3 is 2.56 bits per heavy atom. The second kappa shape index (κ2) is 12.0. The van der Waals surface area contributed by atoms with E-state index in [1.807, 2.05) is 35.7 Å². The molecule has 4 rings (SSSR count). The zero-order chi connectivity index (χ0) is 28.0. The average Bonchev–Trinajstić information content (AvgIpc) is 3.36. The Morgan fingerprint density at radius 2 is 1.79 bits per heavy atom. The van der Waals surface area contributed by atoms with E-state index in [-0.39, 0.29) is 31.1 Å². The van der Waals surface area contributed by atoms with E-state index >= 15 is 0 Å². The number of benzene rings is 2. The molecule has 4 aromatic rings. The maximum absolute atomic E-state index is 13.2. The molecule has 10 heteroatoms. The number of hydrogen-bond donors (Lipinski definition) is 1. The van der Waals surface area contributed by atoms with E-state index in [2.05, 4.69) is 15.3 Å². The molecule has 0 aliphatic rings.